The van der Waals surface area contributed by atoms with Crippen LogP contribution in [0, 0.1) is 13.8 Å². The first-order chi connectivity index (χ1) is 12.4. The zero-order valence-electron chi connectivity index (χ0n) is 15.2. The van der Waals surface area contributed by atoms with E-state index in [1.165, 1.54) is 13.8 Å². The van der Waals surface area contributed by atoms with Crippen LogP contribution in [0.2, 0.25) is 0 Å². The fourth-order valence-corrected chi connectivity index (χ4v) is 2.87. The van der Waals surface area contributed by atoms with Gasteiger partial charge in [-0.1, -0.05) is 6.07 Å². The molecule has 0 radical (unpaired) electrons. The van der Waals surface area contributed by atoms with Crippen molar-refractivity contribution in [2.75, 3.05) is 0 Å². The summed E-state index contributed by atoms with van der Waals surface area (Å²) in [7, 11) is 0. The summed E-state index contributed by atoms with van der Waals surface area (Å²) in [4.78, 5) is 36.8. The first-order valence-electron chi connectivity index (χ1n) is 8.32. The standard InChI is InChI=1S/C21H19N3O2/c1-12-16(14(3)25)8-10-20(22-12)18-6-5-7-19(24-18)21-11-9-17(15(4)26)13(2)23-21/h5-11H,1-4H3. The van der Waals surface area contributed by atoms with Crippen molar-refractivity contribution in [2.45, 2.75) is 27.7 Å². The van der Waals surface area contributed by atoms with Crippen molar-refractivity contribution in [1.29, 1.82) is 0 Å². The summed E-state index contributed by atoms with van der Waals surface area (Å²) in [5.74, 6) is -0.0120. The molecule has 130 valence electrons. The third kappa shape index (κ3) is 3.42. The lowest BCUT2D eigenvalue weighted by atomic mass is 10.1. The van der Waals surface area contributed by atoms with Crippen molar-refractivity contribution < 1.29 is 9.59 Å². The van der Waals surface area contributed by atoms with Gasteiger partial charge < -0.3 is 0 Å². The molecule has 0 fully saturated rings. The van der Waals surface area contributed by atoms with E-state index in [-0.39, 0.29) is 11.6 Å². The van der Waals surface area contributed by atoms with E-state index in [0.717, 1.165) is 0 Å². The highest BCUT2D eigenvalue weighted by molar-refractivity contribution is 5.95. The molecule has 0 aliphatic carbocycles. The Bertz CT molecular complexity index is 947. The smallest absolute Gasteiger partial charge is 0.161 e. The summed E-state index contributed by atoms with van der Waals surface area (Å²) in [6, 6.07) is 12.8. The van der Waals surface area contributed by atoms with Gasteiger partial charge in [-0.3, -0.25) is 19.6 Å². The van der Waals surface area contributed by atoms with Crippen LogP contribution < -0.4 is 0 Å². The highest BCUT2D eigenvalue weighted by Crippen LogP contribution is 2.22. The molecule has 3 aromatic rings. The molecule has 3 heterocycles. The summed E-state index contributed by atoms with van der Waals surface area (Å²) in [6.07, 6.45) is 0. The van der Waals surface area contributed by atoms with Gasteiger partial charge >= 0.3 is 0 Å². The second-order valence-corrected chi connectivity index (χ2v) is 6.18. The van der Waals surface area contributed by atoms with E-state index in [2.05, 4.69) is 15.0 Å². The van der Waals surface area contributed by atoms with E-state index < -0.39 is 0 Å². The number of pyridine rings is 3. The first-order valence-corrected chi connectivity index (χ1v) is 8.32. The molecule has 0 saturated carbocycles. The Morgan fingerprint density at radius 1 is 0.615 bits per heavy atom. The number of carbonyl (C=O) groups is 2. The Hall–Kier alpha value is -3.21. The summed E-state index contributed by atoms with van der Waals surface area (Å²) in [5.41, 5.74) is 5.40. The van der Waals surface area contributed by atoms with Crippen LogP contribution in [-0.4, -0.2) is 26.5 Å². The van der Waals surface area contributed by atoms with Gasteiger partial charge in [0, 0.05) is 22.5 Å². The molecular formula is C21H19N3O2. The Balaban J connectivity index is 2.01. The SMILES string of the molecule is CC(=O)c1ccc(-c2cccc(-c3ccc(C(C)=O)c(C)n3)n2)nc1C. The monoisotopic (exact) mass is 345 g/mol. The predicted octanol–water partition coefficient (Wildman–Crippen LogP) is 4.23. The topological polar surface area (TPSA) is 72.8 Å². The molecule has 0 unspecified atom stereocenters. The normalized spacial score (nSPS) is 10.6. The molecule has 0 aliphatic heterocycles. The molecule has 0 aliphatic rings. The largest absolute Gasteiger partial charge is 0.294 e. The van der Waals surface area contributed by atoms with Gasteiger partial charge in [0.05, 0.1) is 22.8 Å². The van der Waals surface area contributed by atoms with Crippen molar-refractivity contribution in [3.63, 3.8) is 0 Å². The number of ketones is 2. The quantitative estimate of drug-likeness (QED) is 0.662. The van der Waals surface area contributed by atoms with Crippen molar-refractivity contribution in [2.24, 2.45) is 0 Å². The van der Waals surface area contributed by atoms with Gasteiger partial charge in [0.2, 0.25) is 0 Å². The van der Waals surface area contributed by atoms with Gasteiger partial charge in [-0.25, -0.2) is 4.98 Å². The van der Waals surface area contributed by atoms with Crippen LogP contribution in [-0.2, 0) is 0 Å². The van der Waals surface area contributed by atoms with Crippen molar-refractivity contribution in [3.8, 4) is 22.8 Å². The lowest BCUT2D eigenvalue weighted by Crippen LogP contribution is -2.01. The molecule has 5 heteroatoms. The van der Waals surface area contributed by atoms with E-state index >= 15 is 0 Å². The molecule has 0 bridgehead atoms. The average Bonchev–Trinajstić information content (AvgIpc) is 2.61. The van der Waals surface area contributed by atoms with E-state index in [1.54, 1.807) is 24.3 Å². The van der Waals surface area contributed by atoms with Crippen LogP contribution in [0.1, 0.15) is 46.0 Å². The molecule has 26 heavy (non-hydrogen) atoms. The minimum atomic E-state index is -0.00602. The van der Waals surface area contributed by atoms with Crippen molar-refractivity contribution in [3.05, 3.63) is 65.0 Å². The Kier molecular flexibility index (Phi) is 4.71. The molecule has 0 spiro atoms. The molecule has 3 rings (SSSR count). The zero-order valence-corrected chi connectivity index (χ0v) is 15.2. The molecule has 3 aromatic heterocycles. The Labute approximate surface area is 152 Å². The van der Waals surface area contributed by atoms with E-state index in [4.69, 9.17) is 0 Å². The van der Waals surface area contributed by atoms with Crippen LogP contribution in [0.15, 0.2) is 42.5 Å². The number of Topliss-reactive ketones (excluding diaryl/α,β-unsaturated/α-hetero) is 2. The lowest BCUT2D eigenvalue weighted by Gasteiger charge is -2.08. The van der Waals surface area contributed by atoms with Gasteiger partial charge in [0.15, 0.2) is 11.6 Å². The maximum absolute atomic E-state index is 11.6. The number of nitrogens with zero attached hydrogens (tertiary/aromatic N) is 3. The van der Waals surface area contributed by atoms with E-state index in [1.807, 2.05) is 32.0 Å². The minimum absolute atomic E-state index is 0.00602. The van der Waals surface area contributed by atoms with Crippen molar-refractivity contribution >= 4 is 11.6 Å². The molecule has 0 atom stereocenters. The zero-order chi connectivity index (χ0) is 18.8. The molecule has 5 nitrogen and oxygen atoms in total. The van der Waals surface area contributed by atoms with Crippen LogP contribution in [0.5, 0.6) is 0 Å². The molecule has 0 N–H and O–H groups in total. The number of rotatable bonds is 4. The fraction of sp³-hybridized carbons (Fsp3) is 0.190. The van der Waals surface area contributed by atoms with Crippen LogP contribution in [0.25, 0.3) is 22.8 Å². The van der Waals surface area contributed by atoms with Gasteiger partial charge in [0.25, 0.3) is 0 Å². The van der Waals surface area contributed by atoms with Gasteiger partial charge in [-0.15, -0.1) is 0 Å². The Morgan fingerprint density at radius 2 is 1.00 bits per heavy atom. The van der Waals surface area contributed by atoms with Crippen LogP contribution >= 0.6 is 0 Å². The van der Waals surface area contributed by atoms with Gasteiger partial charge in [0.1, 0.15) is 0 Å². The molecule has 0 aromatic carbocycles. The van der Waals surface area contributed by atoms with Gasteiger partial charge in [-0.05, 0) is 64.1 Å². The molecular weight excluding hydrogens is 326 g/mol. The number of aryl methyl sites for hydroxylation is 2. The van der Waals surface area contributed by atoms with Gasteiger partial charge in [-0.2, -0.15) is 0 Å². The lowest BCUT2D eigenvalue weighted by molar-refractivity contribution is 0.100. The van der Waals surface area contributed by atoms with Crippen LogP contribution in [0.3, 0.4) is 0 Å². The van der Waals surface area contributed by atoms with Crippen molar-refractivity contribution in [1.82, 2.24) is 15.0 Å². The Morgan fingerprint density at radius 3 is 1.35 bits per heavy atom. The number of hydrogen-bond acceptors (Lipinski definition) is 5. The summed E-state index contributed by atoms with van der Waals surface area (Å²) in [5, 5.41) is 0. The maximum Gasteiger partial charge on any atom is 0.161 e. The number of carbonyl (C=O) groups excluding carboxylic acids is 2. The molecule has 0 saturated heterocycles. The van der Waals surface area contributed by atoms with E-state index in [9.17, 15) is 9.59 Å². The summed E-state index contributed by atoms with van der Waals surface area (Å²) in [6.45, 7) is 6.69. The number of hydrogen-bond donors (Lipinski definition) is 0. The fourth-order valence-electron chi connectivity index (χ4n) is 2.87. The maximum atomic E-state index is 11.6. The number of aromatic nitrogens is 3. The highest BCUT2D eigenvalue weighted by Gasteiger charge is 2.11. The summed E-state index contributed by atoms with van der Waals surface area (Å²) < 4.78 is 0. The second-order valence-electron chi connectivity index (χ2n) is 6.18. The highest BCUT2D eigenvalue weighted by atomic mass is 16.1. The average molecular weight is 345 g/mol. The third-order valence-electron chi connectivity index (χ3n) is 4.20. The minimum Gasteiger partial charge on any atom is -0.294 e. The third-order valence-corrected chi connectivity index (χ3v) is 4.20. The molecule has 0 amide bonds. The second kappa shape index (κ2) is 6.96. The van der Waals surface area contributed by atoms with Crippen LogP contribution in [0.4, 0.5) is 0 Å². The summed E-state index contributed by atoms with van der Waals surface area (Å²) >= 11 is 0. The predicted molar refractivity (Wildman–Crippen MR) is 100 cm³/mol. The first kappa shape index (κ1) is 17.6. The van der Waals surface area contributed by atoms with E-state index in [0.29, 0.717) is 45.3 Å².